The fourth-order valence-corrected chi connectivity index (χ4v) is 2.33. The van der Waals surface area contributed by atoms with Gasteiger partial charge in [-0.2, -0.15) is 0 Å². The van der Waals surface area contributed by atoms with Crippen LogP contribution in [0.2, 0.25) is 0 Å². The van der Waals surface area contributed by atoms with Gasteiger partial charge in [0.2, 0.25) is 0 Å². The average molecular weight is 276 g/mol. The molecule has 104 valence electrons. The molecule has 2 aromatic carbocycles. The first-order valence-electron chi connectivity index (χ1n) is 6.85. The number of carbonyl (C=O) groups is 1. The van der Waals surface area contributed by atoms with Crippen LogP contribution in [-0.2, 0) is 0 Å². The molecule has 3 heteroatoms. The lowest BCUT2D eigenvalue weighted by Gasteiger charge is -2.06. The van der Waals surface area contributed by atoms with Crippen molar-refractivity contribution in [1.82, 2.24) is 4.98 Å². The summed E-state index contributed by atoms with van der Waals surface area (Å²) < 4.78 is 0. The molecule has 0 spiro atoms. The van der Waals surface area contributed by atoms with Crippen molar-refractivity contribution in [2.45, 2.75) is 6.92 Å². The highest BCUT2D eigenvalue weighted by Gasteiger charge is 2.15. The molecule has 2 N–H and O–H groups in total. The van der Waals surface area contributed by atoms with Crippen molar-refractivity contribution in [1.29, 1.82) is 0 Å². The first kappa shape index (κ1) is 13.2. The summed E-state index contributed by atoms with van der Waals surface area (Å²) in [5.74, 6) is -0.131. The van der Waals surface area contributed by atoms with Crippen molar-refractivity contribution in [2.75, 3.05) is 5.32 Å². The number of anilines is 1. The zero-order valence-corrected chi connectivity index (χ0v) is 11.8. The fraction of sp³-hybridized carbons (Fsp3) is 0.0556. The molecule has 0 fully saturated rings. The molecule has 1 heterocycles. The van der Waals surface area contributed by atoms with E-state index < -0.39 is 0 Å². The summed E-state index contributed by atoms with van der Waals surface area (Å²) in [6, 6.07) is 21.4. The number of benzene rings is 2. The Morgan fingerprint density at radius 3 is 2.24 bits per heavy atom. The van der Waals surface area contributed by atoms with Crippen LogP contribution in [-0.4, -0.2) is 10.9 Å². The van der Waals surface area contributed by atoms with Crippen LogP contribution in [0.15, 0.2) is 66.7 Å². The average Bonchev–Trinajstić information content (AvgIpc) is 2.91. The summed E-state index contributed by atoms with van der Waals surface area (Å²) in [6.07, 6.45) is 0. The molecular formula is C18H16N2O. The van der Waals surface area contributed by atoms with E-state index in [1.807, 2.05) is 73.7 Å². The van der Waals surface area contributed by atoms with E-state index in [1.54, 1.807) is 0 Å². The Morgan fingerprint density at radius 2 is 1.57 bits per heavy atom. The molecule has 3 nitrogen and oxygen atoms in total. The van der Waals surface area contributed by atoms with Gasteiger partial charge in [0.05, 0.1) is 0 Å². The molecule has 21 heavy (non-hydrogen) atoms. The quantitative estimate of drug-likeness (QED) is 0.738. The molecule has 0 aliphatic carbocycles. The van der Waals surface area contributed by atoms with Crippen molar-refractivity contribution >= 4 is 11.6 Å². The third-order valence-corrected chi connectivity index (χ3v) is 3.30. The third-order valence-electron chi connectivity index (χ3n) is 3.30. The van der Waals surface area contributed by atoms with Crippen LogP contribution in [0.25, 0.3) is 11.1 Å². The second-order valence-corrected chi connectivity index (χ2v) is 4.93. The number of hydrogen-bond donors (Lipinski definition) is 2. The Bertz CT molecular complexity index is 745. The predicted octanol–water partition coefficient (Wildman–Crippen LogP) is 4.24. The second kappa shape index (κ2) is 5.67. The number of rotatable bonds is 3. The molecule has 0 aliphatic rings. The molecule has 0 saturated carbocycles. The van der Waals surface area contributed by atoms with Gasteiger partial charge in [-0.05, 0) is 30.7 Å². The number of aromatic nitrogens is 1. The van der Waals surface area contributed by atoms with Gasteiger partial charge < -0.3 is 10.3 Å². The molecule has 0 aliphatic heterocycles. The number of aryl methyl sites for hydroxylation is 1. The molecule has 0 saturated heterocycles. The predicted molar refractivity (Wildman–Crippen MR) is 85.4 cm³/mol. The molecule has 1 aromatic heterocycles. The number of carbonyl (C=O) groups excluding carboxylic acids is 1. The van der Waals surface area contributed by atoms with E-state index in [1.165, 1.54) is 0 Å². The van der Waals surface area contributed by atoms with Crippen LogP contribution in [0.5, 0.6) is 0 Å². The molecule has 1 amide bonds. The van der Waals surface area contributed by atoms with E-state index in [9.17, 15) is 4.79 Å². The van der Waals surface area contributed by atoms with E-state index in [-0.39, 0.29) is 5.91 Å². The molecule has 0 atom stereocenters. The minimum atomic E-state index is -0.131. The van der Waals surface area contributed by atoms with Crippen LogP contribution in [0.3, 0.4) is 0 Å². The van der Waals surface area contributed by atoms with Gasteiger partial charge in [0.1, 0.15) is 5.69 Å². The SMILES string of the molecule is Cc1cc(-c2ccccc2)c(C(=O)Nc2ccccc2)[nH]1. The summed E-state index contributed by atoms with van der Waals surface area (Å²) in [4.78, 5) is 15.6. The van der Waals surface area contributed by atoms with Gasteiger partial charge >= 0.3 is 0 Å². The van der Waals surface area contributed by atoms with Gasteiger partial charge in [-0.15, -0.1) is 0 Å². The summed E-state index contributed by atoms with van der Waals surface area (Å²) in [6.45, 7) is 1.95. The van der Waals surface area contributed by atoms with Crippen LogP contribution in [0, 0.1) is 6.92 Å². The summed E-state index contributed by atoms with van der Waals surface area (Å²) in [5, 5.41) is 2.91. The number of amides is 1. The maximum Gasteiger partial charge on any atom is 0.272 e. The first-order chi connectivity index (χ1) is 10.2. The third kappa shape index (κ3) is 2.87. The Hall–Kier alpha value is -2.81. The molecular weight excluding hydrogens is 260 g/mol. The van der Waals surface area contributed by atoms with Gasteiger partial charge in [-0.3, -0.25) is 4.79 Å². The Morgan fingerprint density at radius 1 is 0.952 bits per heavy atom. The van der Waals surface area contributed by atoms with Crippen LogP contribution < -0.4 is 5.32 Å². The van der Waals surface area contributed by atoms with Crippen LogP contribution in [0.1, 0.15) is 16.2 Å². The van der Waals surface area contributed by atoms with Crippen LogP contribution in [0.4, 0.5) is 5.69 Å². The highest BCUT2D eigenvalue weighted by Crippen LogP contribution is 2.25. The summed E-state index contributed by atoms with van der Waals surface area (Å²) in [7, 11) is 0. The molecule has 0 unspecified atom stereocenters. The molecule has 0 bridgehead atoms. The smallest absolute Gasteiger partial charge is 0.272 e. The van der Waals surface area contributed by atoms with E-state index in [0.717, 1.165) is 22.5 Å². The lowest BCUT2D eigenvalue weighted by atomic mass is 10.1. The minimum absolute atomic E-state index is 0.131. The number of hydrogen-bond acceptors (Lipinski definition) is 1. The fourth-order valence-electron chi connectivity index (χ4n) is 2.33. The van der Waals surface area contributed by atoms with E-state index in [2.05, 4.69) is 10.3 Å². The van der Waals surface area contributed by atoms with E-state index >= 15 is 0 Å². The lowest BCUT2D eigenvalue weighted by Crippen LogP contribution is -2.13. The Kier molecular flexibility index (Phi) is 3.56. The van der Waals surface area contributed by atoms with Crippen molar-refractivity contribution in [3.05, 3.63) is 78.1 Å². The lowest BCUT2D eigenvalue weighted by molar-refractivity contribution is 0.102. The standard InChI is InChI=1S/C18H16N2O/c1-13-12-16(14-8-4-2-5-9-14)17(19-13)18(21)20-15-10-6-3-7-11-15/h2-12,19H,1H3,(H,20,21). The van der Waals surface area contributed by atoms with Crippen molar-refractivity contribution in [2.24, 2.45) is 0 Å². The maximum atomic E-state index is 12.5. The van der Waals surface area contributed by atoms with Gasteiger partial charge in [0.15, 0.2) is 0 Å². The molecule has 3 aromatic rings. The monoisotopic (exact) mass is 276 g/mol. The first-order valence-corrected chi connectivity index (χ1v) is 6.85. The maximum absolute atomic E-state index is 12.5. The van der Waals surface area contributed by atoms with Crippen molar-refractivity contribution in [3.63, 3.8) is 0 Å². The van der Waals surface area contributed by atoms with E-state index in [0.29, 0.717) is 5.69 Å². The van der Waals surface area contributed by atoms with Crippen LogP contribution >= 0.6 is 0 Å². The topological polar surface area (TPSA) is 44.9 Å². The Labute approximate surface area is 123 Å². The van der Waals surface area contributed by atoms with Crippen molar-refractivity contribution in [3.8, 4) is 11.1 Å². The summed E-state index contributed by atoms with van der Waals surface area (Å²) >= 11 is 0. The Balaban J connectivity index is 1.94. The summed E-state index contributed by atoms with van der Waals surface area (Å²) in [5.41, 5.74) is 4.28. The number of nitrogens with one attached hydrogen (secondary N) is 2. The van der Waals surface area contributed by atoms with Gasteiger partial charge in [0.25, 0.3) is 5.91 Å². The molecule has 3 rings (SSSR count). The highest BCUT2D eigenvalue weighted by atomic mass is 16.1. The zero-order chi connectivity index (χ0) is 14.7. The largest absolute Gasteiger partial charge is 0.354 e. The zero-order valence-electron chi connectivity index (χ0n) is 11.8. The number of aromatic amines is 1. The normalized spacial score (nSPS) is 10.3. The van der Waals surface area contributed by atoms with Gasteiger partial charge in [-0.25, -0.2) is 0 Å². The highest BCUT2D eigenvalue weighted by molar-refractivity contribution is 6.07. The van der Waals surface area contributed by atoms with Gasteiger partial charge in [-0.1, -0.05) is 48.5 Å². The second-order valence-electron chi connectivity index (χ2n) is 4.93. The number of para-hydroxylation sites is 1. The van der Waals surface area contributed by atoms with Crippen molar-refractivity contribution < 1.29 is 4.79 Å². The van der Waals surface area contributed by atoms with Gasteiger partial charge in [0, 0.05) is 16.9 Å². The van der Waals surface area contributed by atoms with E-state index in [4.69, 9.17) is 0 Å². The molecule has 0 radical (unpaired) electrons. The minimum Gasteiger partial charge on any atom is -0.354 e. The number of H-pyrrole nitrogens is 1.